The van der Waals surface area contributed by atoms with Gasteiger partial charge in [0.25, 0.3) is 0 Å². The van der Waals surface area contributed by atoms with E-state index in [9.17, 15) is 13.2 Å². The van der Waals surface area contributed by atoms with Crippen molar-refractivity contribution >= 4 is 15.9 Å². The summed E-state index contributed by atoms with van der Waals surface area (Å²) in [6, 6.07) is 3.76. The molecule has 2 rings (SSSR count). The van der Waals surface area contributed by atoms with Gasteiger partial charge in [-0.2, -0.15) is 13.2 Å². The monoisotopic (exact) mass is 354 g/mol. The molecule has 1 saturated heterocycles. The van der Waals surface area contributed by atoms with Crippen LogP contribution in [-0.2, 0) is 0 Å². The van der Waals surface area contributed by atoms with Crippen LogP contribution < -0.4 is 5.32 Å². The van der Waals surface area contributed by atoms with Gasteiger partial charge in [0.1, 0.15) is 5.76 Å². The second-order valence-corrected chi connectivity index (χ2v) is 6.06. The minimum atomic E-state index is -4.10. The number of furan rings is 1. The molecule has 0 radical (unpaired) electrons. The third-order valence-corrected chi connectivity index (χ3v) is 3.93. The lowest BCUT2D eigenvalue weighted by Gasteiger charge is -2.19. The molecular formula is C13H18BrF3N2O. The van der Waals surface area contributed by atoms with Gasteiger partial charge in [-0.1, -0.05) is 0 Å². The van der Waals surface area contributed by atoms with Gasteiger partial charge in [0.15, 0.2) is 4.67 Å². The number of nitrogens with zero attached hydrogens (tertiary/aromatic N) is 1. The zero-order chi connectivity index (χ0) is 14.8. The zero-order valence-electron chi connectivity index (χ0n) is 11.2. The highest BCUT2D eigenvalue weighted by atomic mass is 79.9. The molecule has 1 aliphatic heterocycles. The Bertz CT molecular complexity index is 435. The van der Waals surface area contributed by atoms with E-state index < -0.39 is 12.7 Å². The highest BCUT2D eigenvalue weighted by Gasteiger charge is 2.34. The van der Waals surface area contributed by atoms with Gasteiger partial charge in [-0.3, -0.25) is 4.90 Å². The van der Waals surface area contributed by atoms with E-state index in [1.165, 1.54) is 4.90 Å². The van der Waals surface area contributed by atoms with Crippen molar-refractivity contribution in [3.05, 3.63) is 22.6 Å². The number of likely N-dealkylation sites (tertiary alicyclic amines) is 1. The molecule has 0 saturated carbocycles. The van der Waals surface area contributed by atoms with Crippen LogP contribution in [0.3, 0.4) is 0 Å². The van der Waals surface area contributed by atoms with Crippen LogP contribution in [0.5, 0.6) is 0 Å². The molecule has 1 aromatic rings. The van der Waals surface area contributed by atoms with E-state index >= 15 is 0 Å². The lowest BCUT2D eigenvalue weighted by molar-refractivity contribution is -0.143. The van der Waals surface area contributed by atoms with Crippen molar-refractivity contribution in [2.24, 2.45) is 5.92 Å². The molecule has 3 nitrogen and oxygen atoms in total. The van der Waals surface area contributed by atoms with E-state index in [1.807, 2.05) is 19.1 Å². The lowest BCUT2D eigenvalue weighted by atomic mass is 10.1. The first-order chi connectivity index (χ1) is 9.33. The number of alkyl halides is 3. The van der Waals surface area contributed by atoms with Crippen molar-refractivity contribution in [1.29, 1.82) is 0 Å². The average Bonchev–Trinajstić information content (AvgIpc) is 2.93. The van der Waals surface area contributed by atoms with Gasteiger partial charge < -0.3 is 9.73 Å². The quantitative estimate of drug-likeness (QED) is 0.875. The summed E-state index contributed by atoms with van der Waals surface area (Å²) >= 11 is 3.25. The molecule has 2 atom stereocenters. The Labute approximate surface area is 124 Å². The molecule has 0 bridgehead atoms. The Kier molecular flexibility index (Phi) is 5.14. The molecule has 0 aromatic carbocycles. The fourth-order valence-electron chi connectivity index (χ4n) is 2.48. The van der Waals surface area contributed by atoms with E-state index in [0.29, 0.717) is 24.3 Å². The summed E-state index contributed by atoms with van der Waals surface area (Å²) in [5, 5.41) is 3.32. The van der Waals surface area contributed by atoms with Gasteiger partial charge in [0.2, 0.25) is 0 Å². The standard InChI is InChI=1S/C13H18BrF3N2O/c1-9(11-2-3-12(14)20-11)18-6-10-4-5-19(7-10)8-13(15,16)17/h2-3,9-10,18H,4-8H2,1H3. The van der Waals surface area contributed by atoms with E-state index in [2.05, 4.69) is 21.2 Å². The number of rotatable bonds is 5. The zero-order valence-corrected chi connectivity index (χ0v) is 12.8. The molecule has 1 aromatic heterocycles. The van der Waals surface area contributed by atoms with Crippen LogP contribution in [0.15, 0.2) is 21.2 Å². The Hall–Kier alpha value is -0.530. The fourth-order valence-corrected chi connectivity index (χ4v) is 2.80. The predicted octanol–water partition coefficient (Wildman–Crippen LogP) is 3.58. The van der Waals surface area contributed by atoms with Crippen LogP contribution in [-0.4, -0.2) is 37.3 Å². The fraction of sp³-hybridized carbons (Fsp3) is 0.692. The normalized spacial score (nSPS) is 22.4. The first kappa shape index (κ1) is 15.9. The molecule has 0 amide bonds. The second-order valence-electron chi connectivity index (χ2n) is 5.28. The van der Waals surface area contributed by atoms with Gasteiger partial charge in [0, 0.05) is 6.54 Å². The summed E-state index contributed by atoms with van der Waals surface area (Å²) in [5.74, 6) is 1.08. The molecule has 2 unspecified atom stereocenters. The molecule has 7 heteroatoms. The summed E-state index contributed by atoms with van der Waals surface area (Å²) in [7, 11) is 0. The SMILES string of the molecule is CC(NCC1CCN(CC(F)(F)F)C1)c1ccc(Br)o1. The van der Waals surface area contributed by atoms with Crippen LogP contribution in [0.1, 0.15) is 25.1 Å². The van der Waals surface area contributed by atoms with Crippen molar-refractivity contribution in [2.75, 3.05) is 26.2 Å². The second kappa shape index (κ2) is 6.49. The van der Waals surface area contributed by atoms with Gasteiger partial charge in [-0.05, 0) is 60.4 Å². The summed E-state index contributed by atoms with van der Waals surface area (Å²) in [5.41, 5.74) is 0. The summed E-state index contributed by atoms with van der Waals surface area (Å²) in [4.78, 5) is 1.47. The molecule has 0 aliphatic carbocycles. The molecule has 1 N–H and O–H groups in total. The minimum Gasteiger partial charge on any atom is -0.453 e. The molecule has 114 valence electrons. The van der Waals surface area contributed by atoms with Crippen LogP contribution >= 0.6 is 15.9 Å². The van der Waals surface area contributed by atoms with Crippen LogP contribution in [0, 0.1) is 5.92 Å². The van der Waals surface area contributed by atoms with Gasteiger partial charge in [0.05, 0.1) is 12.6 Å². The third kappa shape index (κ3) is 4.79. The van der Waals surface area contributed by atoms with E-state index in [0.717, 1.165) is 12.2 Å². The maximum Gasteiger partial charge on any atom is 0.401 e. The number of halogens is 4. The van der Waals surface area contributed by atoms with E-state index in [4.69, 9.17) is 4.42 Å². The van der Waals surface area contributed by atoms with E-state index in [-0.39, 0.29) is 12.0 Å². The van der Waals surface area contributed by atoms with Gasteiger partial charge in [-0.15, -0.1) is 0 Å². The molecule has 20 heavy (non-hydrogen) atoms. The van der Waals surface area contributed by atoms with Crippen molar-refractivity contribution in [1.82, 2.24) is 10.2 Å². The Morgan fingerprint density at radius 3 is 2.85 bits per heavy atom. The van der Waals surface area contributed by atoms with Crippen molar-refractivity contribution < 1.29 is 17.6 Å². The molecule has 1 aliphatic rings. The van der Waals surface area contributed by atoms with Gasteiger partial charge in [-0.25, -0.2) is 0 Å². The van der Waals surface area contributed by atoms with Crippen molar-refractivity contribution in [2.45, 2.75) is 25.6 Å². The summed E-state index contributed by atoms with van der Waals surface area (Å²) < 4.78 is 43.0. The average molecular weight is 355 g/mol. The third-order valence-electron chi connectivity index (χ3n) is 3.51. The Balaban J connectivity index is 1.73. The van der Waals surface area contributed by atoms with Crippen LogP contribution in [0.25, 0.3) is 0 Å². The summed E-state index contributed by atoms with van der Waals surface area (Å²) in [6.07, 6.45) is -3.30. The maximum absolute atomic E-state index is 12.3. The van der Waals surface area contributed by atoms with Crippen molar-refractivity contribution in [3.63, 3.8) is 0 Å². The molecule has 0 spiro atoms. The number of hydrogen-bond donors (Lipinski definition) is 1. The first-order valence-corrected chi connectivity index (χ1v) is 7.40. The lowest BCUT2D eigenvalue weighted by Crippen LogP contribution is -2.34. The van der Waals surface area contributed by atoms with Crippen LogP contribution in [0.2, 0.25) is 0 Å². The predicted molar refractivity (Wildman–Crippen MR) is 73.4 cm³/mol. The smallest absolute Gasteiger partial charge is 0.401 e. The number of nitrogens with one attached hydrogen (secondary N) is 1. The maximum atomic E-state index is 12.3. The Morgan fingerprint density at radius 2 is 2.25 bits per heavy atom. The van der Waals surface area contributed by atoms with E-state index in [1.54, 1.807) is 0 Å². The van der Waals surface area contributed by atoms with Crippen LogP contribution in [0.4, 0.5) is 13.2 Å². The Morgan fingerprint density at radius 1 is 1.50 bits per heavy atom. The number of hydrogen-bond acceptors (Lipinski definition) is 3. The topological polar surface area (TPSA) is 28.4 Å². The molecular weight excluding hydrogens is 337 g/mol. The highest BCUT2D eigenvalue weighted by molar-refractivity contribution is 9.10. The first-order valence-electron chi connectivity index (χ1n) is 6.61. The molecule has 2 heterocycles. The minimum absolute atomic E-state index is 0.0537. The van der Waals surface area contributed by atoms with Gasteiger partial charge >= 0.3 is 6.18 Å². The van der Waals surface area contributed by atoms with Crippen molar-refractivity contribution in [3.8, 4) is 0 Å². The molecule has 1 fully saturated rings. The highest BCUT2D eigenvalue weighted by Crippen LogP contribution is 2.24. The largest absolute Gasteiger partial charge is 0.453 e. The summed E-state index contributed by atoms with van der Waals surface area (Å²) in [6.45, 7) is 2.90.